The SMILES string of the molecule is CN(C(=O)C1=CC2OCOC2C(OC(=O)c2cccc(C=CC(=O)OCC(F)(F)F)c2)C1)C(Cc1ccccc1)C(=O)NC(CO)CCC(=O)OC(C)(C)C. The topological polar surface area (TPSA) is 167 Å². The van der Waals surface area contributed by atoms with Crippen molar-refractivity contribution in [3.8, 4) is 0 Å². The zero-order valence-corrected chi connectivity index (χ0v) is 30.9. The third-order valence-corrected chi connectivity index (χ3v) is 8.49. The first-order valence-corrected chi connectivity index (χ1v) is 17.5. The monoisotopic (exact) mass is 774 g/mol. The molecule has 298 valence electrons. The van der Waals surface area contributed by atoms with Crippen LogP contribution in [0.1, 0.15) is 61.5 Å². The Morgan fingerprint density at radius 1 is 1.04 bits per heavy atom. The molecule has 2 aromatic rings. The molecule has 1 fully saturated rings. The molecule has 0 radical (unpaired) electrons. The van der Waals surface area contributed by atoms with Crippen LogP contribution in [-0.2, 0) is 49.3 Å². The standard InChI is InChI=1S/C39H45F3N2O11/c1-38(2,3)55-33(47)16-14-28(21-45)43-35(48)29(18-24-9-6-5-7-10-24)44(4)36(49)27-19-30-34(53-23-52-30)31(20-27)54-37(50)26-12-8-11-25(17-26)13-15-32(46)51-22-39(40,41)42/h5-13,15,17,19,28-31,34,45H,14,16,18,20-23H2,1-4H3,(H,43,48). The number of halogens is 3. The van der Waals surface area contributed by atoms with Crippen LogP contribution in [0.2, 0.25) is 0 Å². The van der Waals surface area contributed by atoms with Crippen molar-refractivity contribution < 1.29 is 65.9 Å². The molecular weight excluding hydrogens is 729 g/mol. The maximum Gasteiger partial charge on any atom is 0.422 e. The maximum atomic E-state index is 14.1. The van der Waals surface area contributed by atoms with E-state index in [4.69, 9.17) is 18.9 Å². The Morgan fingerprint density at radius 3 is 2.44 bits per heavy atom. The summed E-state index contributed by atoms with van der Waals surface area (Å²) in [4.78, 5) is 66.5. The Balaban J connectivity index is 1.47. The number of hydrogen-bond acceptors (Lipinski definition) is 11. The van der Waals surface area contributed by atoms with Crippen molar-refractivity contribution in [3.05, 3.63) is 89.0 Å². The van der Waals surface area contributed by atoms with Crippen LogP contribution in [-0.4, -0.2) is 109 Å². The van der Waals surface area contributed by atoms with Crippen molar-refractivity contribution in [2.24, 2.45) is 0 Å². The van der Waals surface area contributed by atoms with Gasteiger partial charge < -0.3 is 39.0 Å². The van der Waals surface area contributed by atoms with Crippen molar-refractivity contribution in [1.29, 1.82) is 0 Å². The molecule has 16 heteroatoms. The van der Waals surface area contributed by atoms with Crippen LogP contribution < -0.4 is 5.32 Å². The van der Waals surface area contributed by atoms with Crippen LogP contribution >= 0.6 is 0 Å². The third kappa shape index (κ3) is 13.3. The number of likely N-dealkylation sites (N-methyl/N-ethyl adjacent to an activating group) is 1. The zero-order chi connectivity index (χ0) is 40.3. The van der Waals surface area contributed by atoms with Crippen molar-refractivity contribution in [2.75, 3.05) is 27.1 Å². The van der Waals surface area contributed by atoms with E-state index < -0.39 is 85.1 Å². The third-order valence-electron chi connectivity index (χ3n) is 8.49. The summed E-state index contributed by atoms with van der Waals surface area (Å²) in [5.74, 6) is -3.63. The van der Waals surface area contributed by atoms with Crippen molar-refractivity contribution in [1.82, 2.24) is 10.2 Å². The number of hydrogen-bond donors (Lipinski definition) is 2. The van der Waals surface area contributed by atoms with E-state index in [1.54, 1.807) is 51.1 Å². The Bertz CT molecular complexity index is 1740. The lowest BCUT2D eigenvalue weighted by Gasteiger charge is -2.34. The van der Waals surface area contributed by atoms with Gasteiger partial charge in [0.2, 0.25) is 11.8 Å². The van der Waals surface area contributed by atoms with Gasteiger partial charge in [-0.15, -0.1) is 0 Å². The Morgan fingerprint density at radius 2 is 1.76 bits per heavy atom. The molecule has 5 unspecified atom stereocenters. The van der Waals surface area contributed by atoms with Gasteiger partial charge in [-0.2, -0.15) is 13.2 Å². The average Bonchev–Trinajstić information content (AvgIpc) is 3.62. The number of ether oxygens (including phenoxy) is 5. The van der Waals surface area contributed by atoms with E-state index in [2.05, 4.69) is 10.1 Å². The first-order chi connectivity index (χ1) is 25.9. The van der Waals surface area contributed by atoms with Gasteiger partial charge in [-0.25, -0.2) is 9.59 Å². The molecule has 2 aliphatic rings. The number of nitrogens with one attached hydrogen (secondary N) is 1. The molecule has 1 heterocycles. The van der Waals surface area contributed by atoms with Gasteiger partial charge in [0.1, 0.15) is 36.7 Å². The van der Waals surface area contributed by atoms with Gasteiger partial charge in [0, 0.05) is 38.0 Å². The van der Waals surface area contributed by atoms with Crippen LogP contribution in [0.15, 0.2) is 72.3 Å². The van der Waals surface area contributed by atoms with Gasteiger partial charge in [-0.1, -0.05) is 42.5 Å². The number of amides is 2. The first-order valence-electron chi connectivity index (χ1n) is 17.5. The van der Waals surface area contributed by atoms with Gasteiger partial charge in [-0.3, -0.25) is 14.4 Å². The molecule has 1 saturated heterocycles. The number of carbonyl (C=O) groups excluding carboxylic acids is 5. The first kappa shape index (κ1) is 42.7. The minimum atomic E-state index is -4.68. The number of aliphatic hydroxyl groups excluding tert-OH is 1. The van der Waals surface area contributed by atoms with Gasteiger partial charge in [0.15, 0.2) is 6.61 Å². The minimum Gasteiger partial charge on any atom is -0.460 e. The summed E-state index contributed by atoms with van der Waals surface area (Å²) in [6.07, 6.45) is -3.59. The lowest BCUT2D eigenvalue weighted by atomic mass is 9.90. The molecule has 5 atom stereocenters. The van der Waals surface area contributed by atoms with E-state index in [-0.39, 0.29) is 43.6 Å². The quantitative estimate of drug-likeness (QED) is 0.152. The van der Waals surface area contributed by atoms with E-state index in [0.717, 1.165) is 11.6 Å². The predicted molar refractivity (Wildman–Crippen MR) is 190 cm³/mol. The fourth-order valence-electron chi connectivity index (χ4n) is 5.86. The van der Waals surface area contributed by atoms with Crippen molar-refractivity contribution in [3.63, 3.8) is 0 Å². The smallest absolute Gasteiger partial charge is 0.422 e. The molecule has 1 aliphatic heterocycles. The van der Waals surface area contributed by atoms with Gasteiger partial charge >= 0.3 is 24.1 Å². The number of carbonyl (C=O) groups is 5. The number of aliphatic hydroxyl groups is 1. The summed E-state index contributed by atoms with van der Waals surface area (Å²) in [5.41, 5.74) is 0.590. The number of benzene rings is 2. The summed E-state index contributed by atoms with van der Waals surface area (Å²) in [6, 6.07) is 12.9. The highest BCUT2D eigenvalue weighted by atomic mass is 19.4. The zero-order valence-electron chi connectivity index (χ0n) is 30.9. The molecule has 4 rings (SSSR count). The molecule has 0 aromatic heterocycles. The van der Waals surface area contributed by atoms with E-state index in [0.29, 0.717) is 5.56 Å². The summed E-state index contributed by atoms with van der Waals surface area (Å²) < 4.78 is 63.7. The van der Waals surface area contributed by atoms with E-state index in [9.17, 15) is 42.3 Å². The average molecular weight is 775 g/mol. The molecule has 13 nitrogen and oxygen atoms in total. The molecule has 0 saturated carbocycles. The number of fused-ring (bicyclic) bond motifs is 1. The Hall–Kier alpha value is -5.06. The second-order valence-corrected chi connectivity index (χ2v) is 14.0. The normalized spacial score (nSPS) is 19.4. The van der Waals surface area contributed by atoms with E-state index in [1.165, 1.54) is 42.3 Å². The van der Waals surface area contributed by atoms with E-state index in [1.807, 2.05) is 6.07 Å². The van der Waals surface area contributed by atoms with Crippen LogP contribution in [0, 0.1) is 0 Å². The molecule has 0 bridgehead atoms. The van der Waals surface area contributed by atoms with Crippen LogP contribution in [0.5, 0.6) is 0 Å². The number of esters is 3. The maximum absolute atomic E-state index is 14.1. The summed E-state index contributed by atoms with van der Waals surface area (Å²) >= 11 is 0. The van der Waals surface area contributed by atoms with Crippen molar-refractivity contribution >= 4 is 35.8 Å². The van der Waals surface area contributed by atoms with E-state index >= 15 is 0 Å². The molecule has 2 aromatic carbocycles. The summed E-state index contributed by atoms with van der Waals surface area (Å²) in [6.45, 7) is 2.86. The molecule has 2 amide bonds. The predicted octanol–water partition coefficient (Wildman–Crippen LogP) is 4.07. The number of rotatable bonds is 15. The number of nitrogens with zero attached hydrogens (tertiary/aromatic N) is 1. The molecular formula is C39H45F3N2O11. The summed E-state index contributed by atoms with van der Waals surface area (Å²) in [7, 11) is 1.46. The molecule has 0 spiro atoms. The van der Waals surface area contributed by atoms with Gasteiger partial charge in [-0.05, 0) is 62.6 Å². The fourth-order valence-corrected chi connectivity index (χ4v) is 5.86. The Labute approximate surface area is 316 Å². The minimum absolute atomic E-state index is 0.0468. The second kappa shape index (κ2) is 19.0. The van der Waals surface area contributed by atoms with Gasteiger partial charge in [0.05, 0.1) is 18.2 Å². The van der Waals surface area contributed by atoms with Crippen molar-refractivity contribution in [2.45, 2.75) is 88.6 Å². The lowest BCUT2D eigenvalue weighted by molar-refractivity contribution is -0.182. The molecule has 1 aliphatic carbocycles. The lowest BCUT2D eigenvalue weighted by Crippen LogP contribution is -2.53. The molecule has 2 N–H and O–H groups in total. The number of alkyl halides is 3. The molecule has 55 heavy (non-hydrogen) atoms. The highest BCUT2D eigenvalue weighted by Crippen LogP contribution is 2.32. The van der Waals surface area contributed by atoms with Crippen LogP contribution in [0.3, 0.4) is 0 Å². The Kier molecular flexibility index (Phi) is 14.7. The summed E-state index contributed by atoms with van der Waals surface area (Å²) in [5, 5.41) is 12.8. The largest absolute Gasteiger partial charge is 0.460 e. The van der Waals surface area contributed by atoms with Gasteiger partial charge in [0.25, 0.3) is 0 Å². The second-order valence-electron chi connectivity index (χ2n) is 14.0. The fraction of sp³-hybridized carbons (Fsp3) is 0.462. The van der Waals surface area contributed by atoms with Crippen LogP contribution in [0.4, 0.5) is 13.2 Å². The highest BCUT2D eigenvalue weighted by molar-refractivity contribution is 5.97. The highest BCUT2D eigenvalue weighted by Gasteiger charge is 2.44. The van der Waals surface area contributed by atoms with Crippen LogP contribution in [0.25, 0.3) is 6.08 Å².